The number of fused-ring (bicyclic) bond motifs is 1. The molecule has 0 aliphatic heterocycles. The highest BCUT2D eigenvalue weighted by molar-refractivity contribution is 5.77. The van der Waals surface area contributed by atoms with Crippen molar-refractivity contribution < 1.29 is 0 Å². The quantitative estimate of drug-likeness (QED) is 0.911. The second-order valence-corrected chi connectivity index (χ2v) is 5.56. The summed E-state index contributed by atoms with van der Waals surface area (Å²) in [5, 5.41) is 4.13. The van der Waals surface area contributed by atoms with Gasteiger partial charge >= 0.3 is 0 Å². The minimum absolute atomic E-state index is 0.0475. The van der Waals surface area contributed by atoms with Gasteiger partial charge in [0.2, 0.25) is 0 Å². The molecule has 4 nitrogen and oxygen atoms in total. The van der Waals surface area contributed by atoms with E-state index < -0.39 is 0 Å². The van der Waals surface area contributed by atoms with Crippen LogP contribution in [-0.4, -0.2) is 16.1 Å². The summed E-state index contributed by atoms with van der Waals surface area (Å²) < 4.78 is 1.76. The van der Waals surface area contributed by atoms with E-state index >= 15 is 0 Å². The first-order chi connectivity index (χ1) is 9.54. The molecule has 1 heterocycles. The van der Waals surface area contributed by atoms with Crippen LogP contribution in [0, 0.1) is 5.92 Å². The third-order valence-corrected chi connectivity index (χ3v) is 3.43. The molecule has 108 valence electrons. The molecule has 0 spiro atoms. The first-order valence-corrected chi connectivity index (χ1v) is 7.27. The predicted octanol–water partition coefficient (Wildman–Crippen LogP) is 2.72. The topological polar surface area (TPSA) is 46.9 Å². The zero-order valence-corrected chi connectivity index (χ0v) is 12.7. The number of rotatable bonds is 5. The van der Waals surface area contributed by atoms with Crippen LogP contribution in [0.1, 0.15) is 39.6 Å². The van der Waals surface area contributed by atoms with Gasteiger partial charge in [0, 0.05) is 6.54 Å². The largest absolute Gasteiger partial charge is 0.307 e. The molecule has 1 unspecified atom stereocenters. The van der Waals surface area contributed by atoms with Crippen molar-refractivity contribution in [3.05, 3.63) is 40.4 Å². The summed E-state index contributed by atoms with van der Waals surface area (Å²) in [6.45, 7) is 9.93. The van der Waals surface area contributed by atoms with Gasteiger partial charge in [-0.05, 0) is 38.4 Å². The van der Waals surface area contributed by atoms with Crippen LogP contribution in [0.25, 0.3) is 10.9 Å². The number of hydrogen-bond acceptors (Lipinski definition) is 3. The minimum atomic E-state index is 0.0475. The van der Waals surface area contributed by atoms with Gasteiger partial charge in [-0.1, -0.05) is 26.0 Å². The lowest BCUT2D eigenvalue weighted by molar-refractivity contribution is 0.461. The number of para-hydroxylation sites is 1. The van der Waals surface area contributed by atoms with Crippen molar-refractivity contribution in [2.75, 3.05) is 6.54 Å². The summed E-state index contributed by atoms with van der Waals surface area (Å²) in [6, 6.07) is 7.60. The smallest absolute Gasteiger partial charge is 0.261 e. The summed E-state index contributed by atoms with van der Waals surface area (Å²) in [4.78, 5) is 17.2. The average molecular weight is 273 g/mol. The van der Waals surface area contributed by atoms with Crippen molar-refractivity contribution in [2.24, 2.45) is 5.92 Å². The fourth-order valence-electron chi connectivity index (χ4n) is 2.33. The average Bonchev–Trinajstić information content (AvgIpc) is 2.44. The van der Waals surface area contributed by atoms with E-state index in [0.717, 1.165) is 17.9 Å². The molecular formula is C16H23N3O. The van der Waals surface area contributed by atoms with Crippen LogP contribution < -0.4 is 10.9 Å². The highest BCUT2D eigenvalue weighted by Gasteiger charge is 2.15. The van der Waals surface area contributed by atoms with Crippen molar-refractivity contribution in [1.82, 2.24) is 14.9 Å². The van der Waals surface area contributed by atoms with Crippen molar-refractivity contribution in [2.45, 2.75) is 40.3 Å². The van der Waals surface area contributed by atoms with Crippen LogP contribution >= 0.6 is 0 Å². The van der Waals surface area contributed by atoms with Gasteiger partial charge in [-0.3, -0.25) is 9.36 Å². The van der Waals surface area contributed by atoms with Crippen LogP contribution in [0.5, 0.6) is 0 Å². The Kier molecular flexibility index (Phi) is 4.55. The molecule has 0 radical (unpaired) electrons. The van der Waals surface area contributed by atoms with Gasteiger partial charge in [-0.2, -0.15) is 0 Å². The standard InChI is InChI=1S/C16H23N3O/c1-5-19-15(12(4)17-10-11(2)3)18-14-9-7-6-8-13(14)16(19)20/h6-9,11-12,17H,5,10H2,1-4H3. The Morgan fingerprint density at radius 2 is 1.95 bits per heavy atom. The second-order valence-electron chi connectivity index (χ2n) is 5.56. The van der Waals surface area contributed by atoms with Gasteiger partial charge in [0.05, 0.1) is 16.9 Å². The Morgan fingerprint density at radius 1 is 1.25 bits per heavy atom. The first-order valence-electron chi connectivity index (χ1n) is 7.27. The van der Waals surface area contributed by atoms with Gasteiger partial charge in [-0.25, -0.2) is 4.98 Å². The Balaban J connectivity index is 2.49. The number of nitrogens with one attached hydrogen (secondary N) is 1. The van der Waals surface area contributed by atoms with Crippen LogP contribution in [-0.2, 0) is 6.54 Å². The first kappa shape index (κ1) is 14.7. The van der Waals surface area contributed by atoms with Crippen LogP contribution in [0.4, 0.5) is 0 Å². The van der Waals surface area contributed by atoms with Gasteiger partial charge in [-0.15, -0.1) is 0 Å². The zero-order valence-electron chi connectivity index (χ0n) is 12.7. The zero-order chi connectivity index (χ0) is 14.7. The molecule has 0 fully saturated rings. The van der Waals surface area contributed by atoms with Gasteiger partial charge in [0.1, 0.15) is 5.82 Å². The highest BCUT2D eigenvalue weighted by atomic mass is 16.1. The maximum atomic E-state index is 12.5. The molecule has 2 rings (SSSR count). The lowest BCUT2D eigenvalue weighted by Gasteiger charge is -2.19. The Bertz CT molecular complexity index is 646. The molecule has 2 aromatic rings. The summed E-state index contributed by atoms with van der Waals surface area (Å²) in [5.74, 6) is 1.39. The van der Waals surface area contributed by atoms with Crippen LogP contribution in [0.15, 0.2) is 29.1 Å². The van der Waals surface area contributed by atoms with E-state index in [1.54, 1.807) is 4.57 Å². The van der Waals surface area contributed by atoms with Gasteiger partial charge in [0.25, 0.3) is 5.56 Å². The molecule has 0 saturated carbocycles. The molecular weight excluding hydrogens is 250 g/mol. The summed E-state index contributed by atoms with van der Waals surface area (Å²) in [7, 11) is 0. The highest BCUT2D eigenvalue weighted by Crippen LogP contribution is 2.13. The van der Waals surface area contributed by atoms with E-state index in [9.17, 15) is 4.79 Å². The lowest BCUT2D eigenvalue weighted by atomic mass is 10.2. The Labute approximate surface area is 119 Å². The number of benzene rings is 1. The van der Waals surface area contributed by atoms with Crippen molar-refractivity contribution >= 4 is 10.9 Å². The molecule has 0 bridgehead atoms. The SMILES string of the molecule is CCn1c(C(C)NCC(C)C)nc2ccccc2c1=O. The molecule has 0 amide bonds. The minimum Gasteiger partial charge on any atom is -0.307 e. The van der Waals surface area contributed by atoms with Gasteiger partial charge in [0.15, 0.2) is 0 Å². The summed E-state index contributed by atoms with van der Waals surface area (Å²) in [6.07, 6.45) is 0. The maximum absolute atomic E-state index is 12.5. The van der Waals surface area contributed by atoms with E-state index in [0.29, 0.717) is 17.8 Å². The molecule has 1 atom stereocenters. The third-order valence-electron chi connectivity index (χ3n) is 3.43. The molecule has 4 heteroatoms. The number of aromatic nitrogens is 2. The molecule has 1 aromatic carbocycles. The Morgan fingerprint density at radius 3 is 2.60 bits per heavy atom. The van der Waals surface area contributed by atoms with Crippen molar-refractivity contribution in [1.29, 1.82) is 0 Å². The van der Waals surface area contributed by atoms with Gasteiger partial charge < -0.3 is 5.32 Å². The molecule has 0 aliphatic carbocycles. The van der Waals surface area contributed by atoms with Crippen molar-refractivity contribution in [3.8, 4) is 0 Å². The molecule has 1 aromatic heterocycles. The van der Waals surface area contributed by atoms with Crippen LogP contribution in [0.3, 0.4) is 0 Å². The number of nitrogens with zero attached hydrogens (tertiary/aromatic N) is 2. The second kappa shape index (κ2) is 6.18. The van der Waals surface area contributed by atoms with E-state index in [4.69, 9.17) is 0 Å². The molecule has 1 N–H and O–H groups in total. The predicted molar refractivity (Wildman–Crippen MR) is 82.9 cm³/mol. The monoisotopic (exact) mass is 273 g/mol. The molecule has 20 heavy (non-hydrogen) atoms. The van der Waals surface area contributed by atoms with Crippen LogP contribution in [0.2, 0.25) is 0 Å². The van der Waals surface area contributed by atoms with E-state index in [2.05, 4.69) is 31.1 Å². The molecule has 0 saturated heterocycles. The number of hydrogen-bond donors (Lipinski definition) is 1. The summed E-state index contributed by atoms with van der Waals surface area (Å²) in [5.41, 5.74) is 0.821. The normalized spacial score (nSPS) is 13.1. The van der Waals surface area contributed by atoms with E-state index in [-0.39, 0.29) is 11.6 Å². The third kappa shape index (κ3) is 2.90. The fraction of sp³-hybridized carbons (Fsp3) is 0.500. The van der Waals surface area contributed by atoms with E-state index in [1.807, 2.05) is 31.2 Å². The van der Waals surface area contributed by atoms with Crippen molar-refractivity contribution in [3.63, 3.8) is 0 Å². The molecule has 0 aliphatic rings. The summed E-state index contributed by atoms with van der Waals surface area (Å²) >= 11 is 0. The lowest BCUT2D eigenvalue weighted by Crippen LogP contribution is -2.32. The Hall–Kier alpha value is -1.68. The fourth-order valence-corrected chi connectivity index (χ4v) is 2.33. The van der Waals surface area contributed by atoms with E-state index in [1.165, 1.54) is 0 Å². The maximum Gasteiger partial charge on any atom is 0.261 e.